The topological polar surface area (TPSA) is 81.6 Å². The molecule has 0 saturated heterocycles. The van der Waals surface area contributed by atoms with Crippen molar-refractivity contribution in [3.05, 3.63) is 53.7 Å². The maximum atomic E-state index is 13.9. The van der Waals surface area contributed by atoms with Crippen LogP contribution in [0.15, 0.2) is 48.1 Å². The first-order chi connectivity index (χ1) is 16.7. The second-order valence-electron chi connectivity index (χ2n) is 7.50. The third-order valence-corrected chi connectivity index (χ3v) is 5.65. The Morgan fingerprint density at radius 3 is 2.63 bits per heavy atom. The van der Waals surface area contributed by atoms with Crippen LogP contribution in [-0.2, 0) is 20.5 Å². The average Bonchev–Trinajstić information content (AvgIpc) is 3.31. The number of nitrogens with zero attached hydrogens (tertiary/aromatic N) is 3. The molecule has 0 fully saturated rings. The standard InChI is InChI=1S/C24H24F3N3O4S/c1-3-4-5-11-33-21-9-8-18(12-19(21)24(25,26)27)30(22(32)14-34-16(2)31)23-29-20(15-35-23)17-7-6-10-28-13-17/h6-10,12-13,15H,3-5,11,14H2,1-2H3. The third-order valence-electron chi connectivity index (χ3n) is 4.82. The van der Waals surface area contributed by atoms with Gasteiger partial charge in [0.25, 0.3) is 5.91 Å². The van der Waals surface area contributed by atoms with Crippen LogP contribution < -0.4 is 9.64 Å². The lowest BCUT2D eigenvalue weighted by molar-refractivity contribution is -0.145. The molecule has 1 amide bonds. The first-order valence-electron chi connectivity index (χ1n) is 10.9. The second kappa shape index (κ2) is 11.8. The predicted octanol–water partition coefficient (Wildman–Crippen LogP) is 6.02. The summed E-state index contributed by atoms with van der Waals surface area (Å²) in [4.78, 5) is 33.7. The van der Waals surface area contributed by atoms with Crippen LogP contribution in [0, 0.1) is 0 Å². The number of thiazole rings is 1. The average molecular weight is 508 g/mol. The zero-order chi connectivity index (χ0) is 25.4. The quantitative estimate of drug-likeness (QED) is 0.247. The van der Waals surface area contributed by atoms with Crippen LogP contribution in [0.25, 0.3) is 11.3 Å². The highest BCUT2D eigenvalue weighted by molar-refractivity contribution is 7.14. The molecule has 0 atom stereocenters. The Balaban J connectivity index is 2.00. The van der Waals surface area contributed by atoms with E-state index < -0.39 is 30.2 Å². The van der Waals surface area contributed by atoms with E-state index in [9.17, 15) is 22.8 Å². The number of hydrogen-bond acceptors (Lipinski definition) is 7. The molecule has 35 heavy (non-hydrogen) atoms. The summed E-state index contributed by atoms with van der Waals surface area (Å²) in [7, 11) is 0. The smallest absolute Gasteiger partial charge is 0.420 e. The van der Waals surface area contributed by atoms with E-state index in [2.05, 4.69) is 9.97 Å². The summed E-state index contributed by atoms with van der Waals surface area (Å²) in [6, 6.07) is 6.86. The number of pyridine rings is 1. The molecule has 1 aromatic carbocycles. The molecule has 3 rings (SSSR count). The number of esters is 1. The summed E-state index contributed by atoms with van der Waals surface area (Å²) >= 11 is 1.06. The van der Waals surface area contributed by atoms with Crippen LogP contribution in [0.1, 0.15) is 38.7 Å². The van der Waals surface area contributed by atoms with Crippen LogP contribution in [0.4, 0.5) is 24.0 Å². The lowest BCUT2D eigenvalue weighted by Crippen LogP contribution is -2.30. The largest absolute Gasteiger partial charge is 0.493 e. The number of benzene rings is 1. The molecule has 2 heterocycles. The fourth-order valence-electron chi connectivity index (χ4n) is 3.14. The summed E-state index contributed by atoms with van der Waals surface area (Å²) in [5, 5.41) is 1.78. The number of hydrogen-bond donors (Lipinski definition) is 0. The minimum atomic E-state index is -4.72. The van der Waals surface area contributed by atoms with Crippen LogP contribution in [-0.4, -0.2) is 35.1 Å². The molecular weight excluding hydrogens is 483 g/mol. The summed E-state index contributed by atoms with van der Waals surface area (Å²) in [5.74, 6) is -1.77. The molecule has 0 unspecified atom stereocenters. The number of amides is 1. The van der Waals surface area contributed by atoms with Gasteiger partial charge < -0.3 is 9.47 Å². The van der Waals surface area contributed by atoms with Gasteiger partial charge in [-0.2, -0.15) is 13.2 Å². The lowest BCUT2D eigenvalue weighted by Gasteiger charge is -2.22. The fraction of sp³-hybridized carbons (Fsp3) is 0.333. The lowest BCUT2D eigenvalue weighted by atomic mass is 10.1. The number of carbonyl (C=O) groups excluding carboxylic acids is 2. The minimum Gasteiger partial charge on any atom is -0.493 e. The Labute approximate surface area is 204 Å². The van der Waals surface area contributed by atoms with Crippen molar-refractivity contribution in [3.8, 4) is 17.0 Å². The van der Waals surface area contributed by atoms with Gasteiger partial charge in [-0.3, -0.25) is 19.5 Å². The summed E-state index contributed by atoms with van der Waals surface area (Å²) in [5.41, 5.74) is 0.0767. The Kier molecular flexibility index (Phi) is 8.80. The monoisotopic (exact) mass is 507 g/mol. The van der Waals surface area contributed by atoms with Gasteiger partial charge in [-0.1, -0.05) is 19.8 Å². The van der Waals surface area contributed by atoms with Crippen molar-refractivity contribution in [2.24, 2.45) is 0 Å². The van der Waals surface area contributed by atoms with Crippen molar-refractivity contribution in [2.45, 2.75) is 39.3 Å². The Hall–Kier alpha value is -3.47. The second-order valence-corrected chi connectivity index (χ2v) is 8.34. The van der Waals surface area contributed by atoms with Crippen molar-refractivity contribution < 1.29 is 32.2 Å². The molecule has 0 N–H and O–H groups in total. The van der Waals surface area contributed by atoms with E-state index in [1.54, 1.807) is 29.9 Å². The molecule has 3 aromatic rings. The van der Waals surface area contributed by atoms with Crippen LogP contribution >= 0.6 is 11.3 Å². The highest BCUT2D eigenvalue weighted by Gasteiger charge is 2.36. The zero-order valence-electron chi connectivity index (χ0n) is 19.2. The number of aromatic nitrogens is 2. The number of carbonyl (C=O) groups is 2. The molecule has 0 spiro atoms. The highest BCUT2D eigenvalue weighted by Crippen LogP contribution is 2.41. The summed E-state index contributed by atoms with van der Waals surface area (Å²) in [6.45, 7) is 2.60. The van der Waals surface area contributed by atoms with Gasteiger partial charge in [0.05, 0.1) is 23.6 Å². The molecule has 11 heteroatoms. The van der Waals surface area contributed by atoms with Crippen molar-refractivity contribution in [2.75, 3.05) is 18.1 Å². The number of unbranched alkanes of at least 4 members (excludes halogenated alkanes) is 2. The van der Waals surface area contributed by atoms with Gasteiger partial charge in [-0.05, 0) is 36.8 Å². The maximum absolute atomic E-state index is 13.9. The number of ether oxygens (including phenoxy) is 2. The first kappa shape index (κ1) is 26.1. The Morgan fingerprint density at radius 1 is 1.17 bits per heavy atom. The van der Waals surface area contributed by atoms with Crippen molar-refractivity contribution >= 4 is 34.0 Å². The van der Waals surface area contributed by atoms with Gasteiger partial charge >= 0.3 is 12.1 Å². The zero-order valence-corrected chi connectivity index (χ0v) is 20.0. The number of halogens is 3. The minimum absolute atomic E-state index is 0.0810. The van der Waals surface area contributed by atoms with E-state index in [4.69, 9.17) is 9.47 Å². The Morgan fingerprint density at radius 2 is 1.97 bits per heavy atom. The fourth-order valence-corrected chi connectivity index (χ4v) is 4.01. The molecular formula is C24H24F3N3O4S. The van der Waals surface area contributed by atoms with Gasteiger partial charge in [-0.15, -0.1) is 11.3 Å². The van der Waals surface area contributed by atoms with Crippen LogP contribution in [0.2, 0.25) is 0 Å². The summed E-state index contributed by atoms with van der Waals surface area (Å²) in [6.07, 6.45) is 0.819. The van der Waals surface area contributed by atoms with Crippen LogP contribution in [0.5, 0.6) is 5.75 Å². The SMILES string of the molecule is CCCCCOc1ccc(N(C(=O)COC(C)=O)c2nc(-c3cccnc3)cs2)cc1C(F)(F)F. The number of alkyl halides is 3. The molecule has 0 bridgehead atoms. The van der Waals surface area contributed by atoms with E-state index in [1.165, 1.54) is 12.1 Å². The molecule has 0 saturated carbocycles. The molecule has 0 aliphatic heterocycles. The van der Waals surface area contributed by atoms with Gasteiger partial charge in [0.15, 0.2) is 11.7 Å². The molecule has 7 nitrogen and oxygen atoms in total. The van der Waals surface area contributed by atoms with E-state index in [0.29, 0.717) is 17.7 Å². The predicted molar refractivity (Wildman–Crippen MR) is 126 cm³/mol. The molecule has 0 radical (unpaired) electrons. The summed E-state index contributed by atoms with van der Waals surface area (Å²) < 4.78 is 51.8. The highest BCUT2D eigenvalue weighted by atomic mass is 32.1. The number of rotatable bonds is 10. The Bertz CT molecular complexity index is 1150. The third kappa shape index (κ3) is 7.01. The molecule has 2 aromatic heterocycles. The van der Waals surface area contributed by atoms with E-state index >= 15 is 0 Å². The number of anilines is 2. The van der Waals surface area contributed by atoms with Crippen molar-refractivity contribution in [3.63, 3.8) is 0 Å². The van der Waals surface area contributed by atoms with Gasteiger partial charge in [0.2, 0.25) is 0 Å². The van der Waals surface area contributed by atoms with E-state index in [-0.39, 0.29) is 23.2 Å². The maximum Gasteiger partial charge on any atom is 0.420 e. The van der Waals surface area contributed by atoms with Gasteiger partial charge in [0, 0.05) is 30.3 Å². The molecule has 186 valence electrons. The first-order valence-corrected chi connectivity index (χ1v) is 11.7. The van der Waals surface area contributed by atoms with Gasteiger partial charge in [-0.25, -0.2) is 4.98 Å². The molecule has 0 aliphatic carbocycles. The van der Waals surface area contributed by atoms with Gasteiger partial charge in [0.1, 0.15) is 5.75 Å². The van der Waals surface area contributed by atoms with Crippen LogP contribution in [0.3, 0.4) is 0 Å². The van der Waals surface area contributed by atoms with E-state index in [0.717, 1.165) is 42.1 Å². The van der Waals surface area contributed by atoms with Crippen molar-refractivity contribution in [1.29, 1.82) is 0 Å². The normalized spacial score (nSPS) is 11.2. The van der Waals surface area contributed by atoms with Crippen molar-refractivity contribution in [1.82, 2.24) is 9.97 Å². The van der Waals surface area contributed by atoms with E-state index in [1.807, 2.05) is 6.92 Å². The molecule has 0 aliphatic rings.